The first-order chi connectivity index (χ1) is 9.37. The predicted octanol–water partition coefficient (Wildman–Crippen LogP) is 3.72. The van der Waals surface area contributed by atoms with Gasteiger partial charge in [-0.1, -0.05) is 51.2 Å². The summed E-state index contributed by atoms with van der Waals surface area (Å²) in [4.78, 5) is 5.02. The molecule has 0 atom stereocenters. The van der Waals surface area contributed by atoms with Crippen LogP contribution < -0.4 is 11.1 Å². The number of nitrogens with zero attached hydrogens (tertiary/aromatic N) is 1. The zero-order valence-corrected chi connectivity index (χ0v) is 13.1. The van der Waals surface area contributed by atoms with Crippen LogP contribution in [0, 0.1) is 5.41 Å². The lowest BCUT2D eigenvalue weighted by Gasteiger charge is -2.18. The van der Waals surface area contributed by atoms with Crippen molar-refractivity contribution in [2.24, 2.45) is 11.1 Å². The highest BCUT2D eigenvalue weighted by Crippen LogP contribution is 2.22. The van der Waals surface area contributed by atoms with E-state index in [0.29, 0.717) is 10.4 Å². The molecular weight excluding hydrogens is 266 g/mol. The van der Waals surface area contributed by atoms with Crippen molar-refractivity contribution >= 4 is 33.9 Å². The van der Waals surface area contributed by atoms with Gasteiger partial charge in [0, 0.05) is 17.5 Å². The first-order valence-electron chi connectivity index (χ1n) is 6.80. The number of fused-ring (bicyclic) bond motifs is 1. The highest BCUT2D eigenvalue weighted by atomic mass is 32.1. The number of rotatable bonds is 4. The second kappa shape index (κ2) is 5.75. The number of anilines is 1. The van der Waals surface area contributed by atoms with Crippen LogP contribution in [0.3, 0.4) is 0 Å². The number of benzene rings is 1. The fourth-order valence-electron chi connectivity index (χ4n) is 2.04. The molecule has 3 nitrogen and oxygen atoms in total. The van der Waals surface area contributed by atoms with Gasteiger partial charge in [0.25, 0.3) is 0 Å². The van der Waals surface area contributed by atoms with E-state index in [2.05, 4.69) is 31.1 Å². The van der Waals surface area contributed by atoms with Gasteiger partial charge in [0.05, 0.1) is 5.52 Å². The average Bonchev–Trinajstić information content (AvgIpc) is 2.36. The molecule has 0 aliphatic rings. The lowest BCUT2D eigenvalue weighted by atomic mass is 9.92. The maximum Gasteiger partial charge on any atom is 0.127 e. The van der Waals surface area contributed by atoms with Crippen molar-refractivity contribution in [1.82, 2.24) is 4.98 Å². The van der Waals surface area contributed by atoms with Crippen molar-refractivity contribution in [3.05, 3.63) is 35.9 Å². The Kier molecular flexibility index (Phi) is 4.23. The lowest BCUT2D eigenvalue weighted by Crippen LogP contribution is -2.15. The fourth-order valence-corrected chi connectivity index (χ4v) is 2.20. The summed E-state index contributed by atoms with van der Waals surface area (Å²) < 4.78 is 0. The van der Waals surface area contributed by atoms with Crippen LogP contribution in [0.4, 0.5) is 5.82 Å². The van der Waals surface area contributed by atoms with Crippen LogP contribution in [0.5, 0.6) is 0 Å². The van der Waals surface area contributed by atoms with E-state index >= 15 is 0 Å². The Labute approximate surface area is 125 Å². The van der Waals surface area contributed by atoms with Crippen LogP contribution in [-0.4, -0.2) is 16.5 Å². The Morgan fingerprint density at radius 1 is 1.30 bits per heavy atom. The van der Waals surface area contributed by atoms with Gasteiger partial charge in [0.2, 0.25) is 0 Å². The Morgan fingerprint density at radius 2 is 2.00 bits per heavy atom. The van der Waals surface area contributed by atoms with E-state index in [1.807, 2.05) is 30.3 Å². The molecule has 0 unspecified atom stereocenters. The van der Waals surface area contributed by atoms with Crippen LogP contribution in [-0.2, 0) is 0 Å². The Hall–Kier alpha value is -1.68. The minimum Gasteiger partial charge on any atom is -0.389 e. The molecule has 0 fully saturated rings. The van der Waals surface area contributed by atoms with Gasteiger partial charge in [-0.25, -0.2) is 4.98 Å². The second-order valence-electron chi connectivity index (χ2n) is 6.17. The van der Waals surface area contributed by atoms with E-state index in [-0.39, 0.29) is 0 Å². The summed E-state index contributed by atoms with van der Waals surface area (Å²) in [6.45, 7) is 7.56. The lowest BCUT2D eigenvalue weighted by molar-refractivity contribution is 0.389. The molecular formula is C16H21N3S. The number of pyridine rings is 1. The van der Waals surface area contributed by atoms with E-state index in [4.69, 9.17) is 18.0 Å². The molecule has 1 aromatic carbocycles. The monoisotopic (exact) mass is 287 g/mol. The molecule has 0 saturated carbocycles. The summed E-state index contributed by atoms with van der Waals surface area (Å²) in [5.74, 6) is 0.829. The smallest absolute Gasteiger partial charge is 0.127 e. The van der Waals surface area contributed by atoms with Crippen molar-refractivity contribution in [3.8, 4) is 0 Å². The van der Waals surface area contributed by atoms with E-state index in [0.717, 1.165) is 35.2 Å². The van der Waals surface area contributed by atoms with Gasteiger partial charge in [-0.15, -0.1) is 0 Å². The summed E-state index contributed by atoms with van der Waals surface area (Å²) in [7, 11) is 0. The fraction of sp³-hybridized carbons (Fsp3) is 0.375. The second-order valence-corrected chi connectivity index (χ2v) is 6.61. The topological polar surface area (TPSA) is 50.9 Å². The zero-order chi connectivity index (χ0) is 14.8. The quantitative estimate of drug-likeness (QED) is 0.842. The molecule has 0 spiro atoms. The van der Waals surface area contributed by atoms with Crippen molar-refractivity contribution in [2.45, 2.75) is 27.2 Å². The van der Waals surface area contributed by atoms with Gasteiger partial charge < -0.3 is 11.1 Å². The minimum absolute atomic E-state index is 0.301. The third-order valence-corrected chi connectivity index (χ3v) is 3.38. The Morgan fingerprint density at radius 3 is 2.65 bits per heavy atom. The third-order valence-electron chi connectivity index (χ3n) is 3.16. The van der Waals surface area contributed by atoms with E-state index in [9.17, 15) is 0 Å². The SMILES string of the molecule is CC(C)(C)CCNc1cc(C(N)=S)c2ccccc2n1. The van der Waals surface area contributed by atoms with E-state index in [1.165, 1.54) is 0 Å². The molecule has 1 aromatic heterocycles. The van der Waals surface area contributed by atoms with Crippen LogP contribution in [0.1, 0.15) is 32.8 Å². The molecule has 0 radical (unpaired) electrons. The normalized spacial score (nSPS) is 11.6. The largest absolute Gasteiger partial charge is 0.389 e. The number of para-hydroxylation sites is 1. The summed E-state index contributed by atoms with van der Waals surface area (Å²) in [6, 6.07) is 9.85. The number of hydrogen-bond acceptors (Lipinski definition) is 3. The van der Waals surface area contributed by atoms with E-state index < -0.39 is 0 Å². The first-order valence-corrected chi connectivity index (χ1v) is 7.21. The highest BCUT2D eigenvalue weighted by molar-refractivity contribution is 7.80. The van der Waals surface area contributed by atoms with Gasteiger partial charge in [-0.2, -0.15) is 0 Å². The number of nitrogens with one attached hydrogen (secondary N) is 1. The maximum absolute atomic E-state index is 5.82. The number of thiocarbonyl (C=S) groups is 1. The minimum atomic E-state index is 0.301. The van der Waals surface area contributed by atoms with Crippen LogP contribution >= 0.6 is 12.2 Å². The van der Waals surface area contributed by atoms with Crippen molar-refractivity contribution in [1.29, 1.82) is 0 Å². The summed E-state index contributed by atoms with van der Waals surface area (Å²) in [5, 5.41) is 4.36. The van der Waals surface area contributed by atoms with Crippen molar-refractivity contribution in [2.75, 3.05) is 11.9 Å². The van der Waals surface area contributed by atoms with E-state index in [1.54, 1.807) is 0 Å². The van der Waals surface area contributed by atoms with Gasteiger partial charge in [0.15, 0.2) is 0 Å². The van der Waals surface area contributed by atoms with Crippen LogP contribution in [0.2, 0.25) is 0 Å². The van der Waals surface area contributed by atoms with Crippen LogP contribution in [0.15, 0.2) is 30.3 Å². The standard InChI is InChI=1S/C16H21N3S/c1-16(2,3)8-9-18-14-10-12(15(17)20)11-6-4-5-7-13(11)19-14/h4-7,10H,8-9H2,1-3H3,(H2,17,20)(H,18,19). The first kappa shape index (κ1) is 14.7. The molecule has 0 amide bonds. The Balaban J connectivity index is 2.28. The molecule has 3 N–H and O–H groups in total. The maximum atomic E-state index is 5.82. The number of nitrogens with two attached hydrogens (primary N) is 1. The average molecular weight is 287 g/mol. The molecule has 2 aromatic rings. The zero-order valence-electron chi connectivity index (χ0n) is 12.2. The van der Waals surface area contributed by atoms with Gasteiger partial charge in [-0.3, -0.25) is 0 Å². The Bertz CT molecular complexity index is 629. The summed E-state index contributed by atoms with van der Waals surface area (Å²) >= 11 is 5.14. The third kappa shape index (κ3) is 3.67. The van der Waals surface area contributed by atoms with Gasteiger partial charge >= 0.3 is 0 Å². The molecule has 0 aliphatic heterocycles. The highest BCUT2D eigenvalue weighted by Gasteiger charge is 2.11. The molecule has 4 heteroatoms. The molecule has 0 bridgehead atoms. The van der Waals surface area contributed by atoms with Gasteiger partial charge in [-0.05, 0) is 24.0 Å². The van der Waals surface area contributed by atoms with Gasteiger partial charge in [0.1, 0.15) is 10.8 Å². The molecule has 0 saturated heterocycles. The number of hydrogen-bond donors (Lipinski definition) is 2. The number of aromatic nitrogens is 1. The molecule has 0 aliphatic carbocycles. The summed E-state index contributed by atoms with van der Waals surface area (Å²) in [5.41, 5.74) is 7.92. The summed E-state index contributed by atoms with van der Waals surface area (Å²) in [6.07, 6.45) is 1.07. The van der Waals surface area contributed by atoms with Crippen molar-refractivity contribution in [3.63, 3.8) is 0 Å². The van der Waals surface area contributed by atoms with Crippen molar-refractivity contribution < 1.29 is 0 Å². The predicted molar refractivity (Wildman–Crippen MR) is 90.2 cm³/mol. The molecule has 1 heterocycles. The molecule has 106 valence electrons. The molecule has 20 heavy (non-hydrogen) atoms. The molecule has 2 rings (SSSR count). The van der Waals surface area contributed by atoms with Crippen LogP contribution in [0.25, 0.3) is 10.9 Å².